The van der Waals surface area contributed by atoms with Gasteiger partial charge in [-0.25, -0.2) is 4.68 Å². The third kappa shape index (κ3) is 4.08. The average Bonchev–Trinajstić information content (AvgIpc) is 3.09. The Morgan fingerprint density at radius 1 is 1.45 bits per heavy atom. The molecule has 3 N–H and O–H groups in total. The summed E-state index contributed by atoms with van der Waals surface area (Å²) < 4.78 is 1.80. The van der Waals surface area contributed by atoms with Crippen LogP contribution >= 0.6 is 0 Å². The van der Waals surface area contributed by atoms with Crippen molar-refractivity contribution < 1.29 is 9.90 Å². The maximum atomic E-state index is 12.4. The fourth-order valence-electron chi connectivity index (χ4n) is 3.22. The van der Waals surface area contributed by atoms with Crippen molar-refractivity contribution in [3.05, 3.63) is 12.3 Å². The number of aliphatic hydroxyl groups excluding tert-OH is 1. The molecule has 22 heavy (non-hydrogen) atoms. The minimum absolute atomic E-state index is 0.0444. The Balaban J connectivity index is 1.90. The molecule has 1 saturated carbocycles. The molecular weight excluding hydrogens is 280 g/mol. The highest BCUT2D eigenvalue weighted by atomic mass is 16.3. The van der Waals surface area contributed by atoms with Crippen LogP contribution in [0.25, 0.3) is 0 Å². The van der Waals surface area contributed by atoms with Gasteiger partial charge in [-0.1, -0.05) is 6.42 Å². The first-order chi connectivity index (χ1) is 10.5. The lowest BCUT2D eigenvalue weighted by Gasteiger charge is -2.24. The van der Waals surface area contributed by atoms with Crippen LogP contribution in [0.3, 0.4) is 0 Å². The molecule has 3 atom stereocenters. The molecule has 1 aromatic heterocycles. The van der Waals surface area contributed by atoms with Gasteiger partial charge < -0.3 is 15.7 Å². The quantitative estimate of drug-likeness (QED) is 0.719. The minimum Gasteiger partial charge on any atom is -0.396 e. The van der Waals surface area contributed by atoms with Crippen molar-refractivity contribution in [3.63, 3.8) is 0 Å². The summed E-state index contributed by atoms with van der Waals surface area (Å²) in [7, 11) is 0. The number of amides is 1. The summed E-state index contributed by atoms with van der Waals surface area (Å²) >= 11 is 0. The third-order valence-electron chi connectivity index (χ3n) is 4.43. The first-order valence-corrected chi connectivity index (χ1v) is 8.24. The van der Waals surface area contributed by atoms with Gasteiger partial charge in [0, 0.05) is 24.8 Å². The Morgan fingerprint density at radius 2 is 2.23 bits per heavy atom. The fraction of sp³-hybridized carbons (Fsp3) is 0.750. The molecular formula is C16H28N4O2. The van der Waals surface area contributed by atoms with Gasteiger partial charge in [0.1, 0.15) is 5.82 Å². The molecule has 1 fully saturated rings. The molecule has 0 radical (unpaired) electrons. The number of anilines is 1. The van der Waals surface area contributed by atoms with E-state index in [-0.39, 0.29) is 24.6 Å². The SMILES string of the molecule is CC(C)n1nccc1NC(=O)[C@H](C)N[C@@H]1CCC[C@@H]1CCO. The van der Waals surface area contributed by atoms with Gasteiger partial charge in [0.05, 0.1) is 12.2 Å². The summed E-state index contributed by atoms with van der Waals surface area (Å²) in [5.41, 5.74) is 0. The molecule has 6 nitrogen and oxygen atoms in total. The van der Waals surface area contributed by atoms with Crippen LogP contribution in [0.15, 0.2) is 12.3 Å². The Hall–Kier alpha value is -1.40. The molecule has 0 saturated heterocycles. The van der Waals surface area contributed by atoms with E-state index in [4.69, 9.17) is 5.11 Å². The average molecular weight is 308 g/mol. The van der Waals surface area contributed by atoms with Gasteiger partial charge in [0.25, 0.3) is 0 Å². The number of rotatable bonds is 7. The van der Waals surface area contributed by atoms with Gasteiger partial charge in [-0.05, 0) is 46.0 Å². The molecule has 124 valence electrons. The Morgan fingerprint density at radius 3 is 2.91 bits per heavy atom. The van der Waals surface area contributed by atoms with E-state index in [0.29, 0.717) is 12.0 Å². The Bertz CT molecular complexity index is 486. The second kappa shape index (κ2) is 7.74. The summed E-state index contributed by atoms with van der Waals surface area (Å²) in [5, 5.41) is 19.7. The maximum absolute atomic E-state index is 12.4. The topological polar surface area (TPSA) is 79.2 Å². The van der Waals surface area contributed by atoms with Crippen molar-refractivity contribution in [2.75, 3.05) is 11.9 Å². The summed E-state index contributed by atoms with van der Waals surface area (Å²) in [5.74, 6) is 1.16. The first-order valence-electron chi connectivity index (χ1n) is 8.24. The Kier molecular flexibility index (Phi) is 5.97. The molecule has 0 unspecified atom stereocenters. The molecule has 0 aliphatic heterocycles. The first kappa shape index (κ1) is 17.0. The molecule has 1 aliphatic carbocycles. The molecule has 6 heteroatoms. The van der Waals surface area contributed by atoms with Crippen LogP contribution in [0, 0.1) is 5.92 Å². The zero-order valence-corrected chi connectivity index (χ0v) is 13.7. The van der Waals surface area contributed by atoms with Crippen LogP contribution in [0.5, 0.6) is 0 Å². The van der Waals surface area contributed by atoms with Crippen molar-refractivity contribution in [1.82, 2.24) is 15.1 Å². The molecule has 1 amide bonds. The smallest absolute Gasteiger partial charge is 0.242 e. The molecule has 0 bridgehead atoms. The van der Waals surface area contributed by atoms with E-state index in [9.17, 15) is 4.79 Å². The van der Waals surface area contributed by atoms with Crippen LogP contribution in [0.1, 0.15) is 52.5 Å². The van der Waals surface area contributed by atoms with Gasteiger partial charge in [-0.3, -0.25) is 4.79 Å². The fourth-order valence-corrected chi connectivity index (χ4v) is 3.22. The Labute approximate surface area is 132 Å². The lowest BCUT2D eigenvalue weighted by molar-refractivity contribution is -0.118. The third-order valence-corrected chi connectivity index (χ3v) is 4.43. The van der Waals surface area contributed by atoms with Crippen molar-refractivity contribution in [2.45, 2.75) is 64.6 Å². The number of carbonyl (C=O) groups excluding carboxylic acids is 1. The number of aromatic nitrogens is 2. The normalized spacial score (nSPS) is 23.0. The van der Waals surface area contributed by atoms with Gasteiger partial charge in [-0.15, -0.1) is 0 Å². The molecule has 1 aromatic rings. The molecule has 2 rings (SSSR count). The zero-order valence-electron chi connectivity index (χ0n) is 13.7. The summed E-state index contributed by atoms with van der Waals surface area (Å²) in [6, 6.07) is 2.08. The minimum atomic E-state index is -0.264. The zero-order chi connectivity index (χ0) is 16.1. The molecule has 1 aliphatic rings. The molecule has 1 heterocycles. The van der Waals surface area contributed by atoms with Gasteiger partial charge in [-0.2, -0.15) is 5.10 Å². The van der Waals surface area contributed by atoms with E-state index in [1.54, 1.807) is 10.9 Å². The van der Waals surface area contributed by atoms with Crippen LogP contribution in [-0.4, -0.2) is 39.5 Å². The summed E-state index contributed by atoms with van der Waals surface area (Å²) in [4.78, 5) is 12.4. The van der Waals surface area contributed by atoms with Crippen molar-refractivity contribution in [1.29, 1.82) is 0 Å². The van der Waals surface area contributed by atoms with E-state index in [1.165, 1.54) is 0 Å². The number of hydrogen-bond acceptors (Lipinski definition) is 4. The van der Waals surface area contributed by atoms with Crippen LogP contribution in [-0.2, 0) is 4.79 Å². The van der Waals surface area contributed by atoms with Crippen LogP contribution < -0.4 is 10.6 Å². The highest BCUT2D eigenvalue weighted by Gasteiger charge is 2.29. The second-order valence-corrected chi connectivity index (χ2v) is 6.44. The largest absolute Gasteiger partial charge is 0.396 e. The van der Waals surface area contributed by atoms with Crippen LogP contribution in [0.2, 0.25) is 0 Å². The number of nitrogens with one attached hydrogen (secondary N) is 2. The summed E-state index contributed by atoms with van der Waals surface area (Å²) in [6.45, 7) is 6.17. The van der Waals surface area contributed by atoms with E-state index in [2.05, 4.69) is 15.7 Å². The molecule has 0 spiro atoms. The number of hydrogen-bond donors (Lipinski definition) is 3. The van der Waals surface area contributed by atoms with E-state index < -0.39 is 0 Å². The van der Waals surface area contributed by atoms with Gasteiger partial charge in [0.15, 0.2) is 0 Å². The highest BCUT2D eigenvalue weighted by molar-refractivity contribution is 5.93. The maximum Gasteiger partial charge on any atom is 0.242 e. The predicted octanol–water partition coefficient (Wildman–Crippen LogP) is 1.93. The predicted molar refractivity (Wildman–Crippen MR) is 86.7 cm³/mol. The number of carbonyl (C=O) groups is 1. The highest BCUT2D eigenvalue weighted by Crippen LogP contribution is 2.28. The van der Waals surface area contributed by atoms with Crippen molar-refractivity contribution in [3.8, 4) is 0 Å². The molecule has 0 aromatic carbocycles. The van der Waals surface area contributed by atoms with Gasteiger partial charge >= 0.3 is 0 Å². The summed E-state index contributed by atoms with van der Waals surface area (Å²) in [6.07, 6.45) is 5.88. The van der Waals surface area contributed by atoms with E-state index in [1.807, 2.05) is 26.8 Å². The van der Waals surface area contributed by atoms with E-state index >= 15 is 0 Å². The van der Waals surface area contributed by atoms with Crippen LogP contribution in [0.4, 0.5) is 5.82 Å². The lowest BCUT2D eigenvalue weighted by atomic mass is 9.99. The lowest BCUT2D eigenvalue weighted by Crippen LogP contribution is -2.45. The van der Waals surface area contributed by atoms with Gasteiger partial charge in [0.2, 0.25) is 5.91 Å². The standard InChI is InChI=1S/C16H28N4O2/c1-11(2)20-15(7-9-17-20)19-16(22)12(3)18-14-6-4-5-13(14)8-10-21/h7,9,11-14,18,21H,4-6,8,10H2,1-3H3,(H,19,22)/t12-,13+,14+/m0/s1. The van der Waals surface area contributed by atoms with Crippen molar-refractivity contribution in [2.24, 2.45) is 5.92 Å². The second-order valence-electron chi connectivity index (χ2n) is 6.44. The number of nitrogens with zero attached hydrogens (tertiary/aromatic N) is 2. The van der Waals surface area contributed by atoms with E-state index in [0.717, 1.165) is 31.5 Å². The monoisotopic (exact) mass is 308 g/mol. The number of aliphatic hydroxyl groups is 1. The van der Waals surface area contributed by atoms with Crippen molar-refractivity contribution >= 4 is 11.7 Å².